The SMILES string of the molecule is C#Cc1c(F)ccc2cc(O)cc(-c3nc4c5c(nc(OC[C@@]67CCCN6[C@H](COC(C(F)(F)F)(C(F)(F)F)C(F)(F)F)CC7)nc5c3F)N3C[C@@H](CC)NC[C@H]3CO4)c12. The van der Waals surface area contributed by atoms with Crippen LogP contribution in [0.3, 0.4) is 0 Å². The van der Waals surface area contributed by atoms with Crippen LogP contribution in [-0.2, 0) is 4.74 Å². The van der Waals surface area contributed by atoms with E-state index in [-0.39, 0.29) is 101 Å². The van der Waals surface area contributed by atoms with Crippen LogP contribution in [0.25, 0.3) is 32.9 Å². The highest BCUT2D eigenvalue weighted by molar-refractivity contribution is 6.04. The van der Waals surface area contributed by atoms with E-state index < -0.39 is 59.6 Å². The molecular formula is C39H35F11N6O4. The minimum absolute atomic E-state index is 0.0284. The maximum absolute atomic E-state index is 17.2. The van der Waals surface area contributed by atoms with E-state index >= 15 is 8.78 Å². The molecule has 4 aliphatic rings. The van der Waals surface area contributed by atoms with Crippen LogP contribution in [0.2, 0.25) is 0 Å². The third-order valence-electron chi connectivity index (χ3n) is 12.0. The number of nitrogens with zero attached hydrogens (tertiary/aromatic N) is 5. The van der Waals surface area contributed by atoms with Crippen molar-refractivity contribution in [1.82, 2.24) is 25.2 Å². The Kier molecular flexibility index (Phi) is 10.2. The quantitative estimate of drug-likeness (QED) is 0.136. The van der Waals surface area contributed by atoms with Gasteiger partial charge in [0.2, 0.25) is 5.88 Å². The third kappa shape index (κ3) is 6.56. The lowest BCUT2D eigenvalue weighted by Crippen LogP contribution is -2.68. The summed E-state index contributed by atoms with van der Waals surface area (Å²) in [6, 6.07) is 2.88. The van der Waals surface area contributed by atoms with E-state index in [2.05, 4.69) is 30.9 Å². The highest BCUT2D eigenvalue weighted by Crippen LogP contribution is 2.56. The molecule has 2 N–H and O–H groups in total. The third-order valence-corrected chi connectivity index (χ3v) is 12.0. The van der Waals surface area contributed by atoms with Gasteiger partial charge in [0.25, 0.3) is 0 Å². The van der Waals surface area contributed by atoms with Crippen molar-refractivity contribution >= 4 is 27.5 Å². The van der Waals surface area contributed by atoms with Gasteiger partial charge in [-0.2, -0.15) is 49.5 Å². The molecule has 10 nitrogen and oxygen atoms in total. The number of nitrogens with one attached hydrogen (secondary N) is 1. The van der Waals surface area contributed by atoms with E-state index in [0.717, 1.165) is 12.1 Å². The number of halogens is 11. The monoisotopic (exact) mass is 860 g/mol. The first-order valence-electron chi connectivity index (χ1n) is 18.9. The fourth-order valence-corrected chi connectivity index (χ4v) is 9.07. The molecule has 0 amide bonds. The molecule has 0 saturated carbocycles. The molecule has 0 bridgehead atoms. The number of phenols is 1. The summed E-state index contributed by atoms with van der Waals surface area (Å²) in [4.78, 5) is 17.0. The lowest BCUT2D eigenvalue weighted by molar-refractivity contribution is -0.458. The average molecular weight is 861 g/mol. The number of aromatic nitrogens is 3. The predicted molar refractivity (Wildman–Crippen MR) is 193 cm³/mol. The molecule has 0 aliphatic carbocycles. The van der Waals surface area contributed by atoms with Gasteiger partial charge in [0.15, 0.2) is 5.82 Å². The van der Waals surface area contributed by atoms with Crippen LogP contribution in [-0.4, -0.2) is 112 Å². The lowest BCUT2D eigenvalue weighted by Gasteiger charge is -2.40. The molecule has 4 atom stereocenters. The number of piperazine rings is 1. The normalized spacial score (nSPS) is 23.6. The van der Waals surface area contributed by atoms with E-state index in [9.17, 15) is 44.6 Å². The second kappa shape index (κ2) is 14.6. The molecule has 2 aromatic carbocycles. The highest BCUT2D eigenvalue weighted by Gasteiger charge is 2.85. The molecule has 21 heteroatoms. The fraction of sp³-hybridized carbons (Fsp3) is 0.513. The van der Waals surface area contributed by atoms with E-state index in [1.165, 1.54) is 17.0 Å². The van der Waals surface area contributed by atoms with Gasteiger partial charge in [-0.3, -0.25) is 4.90 Å². The van der Waals surface area contributed by atoms with E-state index in [1.807, 2.05) is 11.8 Å². The summed E-state index contributed by atoms with van der Waals surface area (Å²) in [6.07, 6.45) is -13.6. The van der Waals surface area contributed by atoms with Gasteiger partial charge in [-0.1, -0.05) is 18.9 Å². The van der Waals surface area contributed by atoms with Crippen LogP contribution in [0.5, 0.6) is 17.6 Å². The van der Waals surface area contributed by atoms with Crippen molar-refractivity contribution in [3.8, 4) is 41.2 Å². The number of alkyl halides is 9. The minimum Gasteiger partial charge on any atom is -0.508 e. The topological polar surface area (TPSA) is 105 Å². The first kappa shape index (κ1) is 41.8. The van der Waals surface area contributed by atoms with Gasteiger partial charge in [-0.05, 0) is 62.2 Å². The molecule has 3 saturated heterocycles. The van der Waals surface area contributed by atoms with Crippen molar-refractivity contribution in [2.75, 3.05) is 44.4 Å². The summed E-state index contributed by atoms with van der Waals surface area (Å²) in [6.45, 7) is 1.05. The number of rotatable bonds is 8. The van der Waals surface area contributed by atoms with Crippen LogP contribution >= 0.6 is 0 Å². The molecule has 322 valence electrons. The Bertz CT molecular complexity index is 2350. The van der Waals surface area contributed by atoms with Crippen LogP contribution in [0.4, 0.5) is 54.1 Å². The number of fused-ring (bicyclic) bond motifs is 4. The van der Waals surface area contributed by atoms with Crippen molar-refractivity contribution < 1.29 is 67.6 Å². The Morgan fingerprint density at radius 1 is 1.00 bits per heavy atom. The summed E-state index contributed by atoms with van der Waals surface area (Å²) in [5.74, 6) is 0.215. The summed E-state index contributed by atoms with van der Waals surface area (Å²) < 4.78 is 171. The smallest absolute Gasteiger partial charge is 0.435 e. The second-order valence-electron chi connectivity index (χ2n) is 15.4. The first-order chi connectivity index (χ1) is 28.2. The van der Waals surface area contributed by atoms with Crippen molar-refractivity contribution in [2.45, 2.75) is 86.8 Å². The van der Waals surface area contributed by atoms with Gasteiger partial charge in [-0.15, -0.1) is 6.42 Å². The number of phenolic OH excluding ortho intramolecular Hbond substituents is 1. The van der Waals surface area contributed by atoms with Crippen LogP contribution < -0.4 is 19.7 Å². The number of benzene rings is 2. The van der Waals surface area contributed by atoms with Crippen LogP contribution in [0, 0.1) is 24.0 Å². The number of ether oxygens (including phenoxy) is 3. The number of aromatic hydroxyl groups is 1. The Labute approximate surface area is 334 Å². The van der Waals surface area contributed by atoms with Gasteiger partial charge >= 0.3 is 30.1 Å². The molecule has 2 aromatic heterocycles. The second-order valence-corrected chi connectivity index (χ2v) is 15.4. The Balaban J connectivity index is 1.19. The Morgan fingerprint density at radius 2 is 1.73 bits per heavy atom. The fourth-order valence-electron chi connectivity index (χ4n) is 9.07. The molecule has 4 aromatic rings. The van der Waals surface area contributed by atoms with Gasteiger partial charge in [0.05, 0.1) is 23.8 Å². The Morgan fingerprint density at radius 3 is 2.42 bits per heavy atom. The Hall–Kier alpha value is -4.94. The molecule has 0 unspecified atom stereocenters. The number of anilines is 1. The minimum atomic E-state index is -6.87. The zero-order valence-corrected chi connectivity index (χ0v) is 31.5. The molecule has 60 heavy (non-hydrogen) atoms. The van der Waals surface area contributed by atoms with Crippen molar-refractivity contribution in [3.63, 3.8) is 0 Å². The number of terminal acetylenes is 1. The number of hydrogen-bond acceptors (Lipinski definition) is 10. The van der Waals surface area contributed by atoms with E-state index in [0.29, 0.717) is 32.4 Å². The largest absolute Gasteiger partial charge is 0.508 e. The molecule has 0 spiro atoms. The van der Waals surface area contributed by atoms with Gasteiger partial charge < -0.3 is 29.5 Å². The van der Waals surface area contributed by atoms with Crippen molar-refractivity contribution in [1.29, 1.82) is 0 Å². The molecule has 3 fully saturated rings. The highest BCUT2D eigenvalue weighted by atomic mass is 19.4. The van der Waals surface area contributed by atoms with Crippen LogP contribution in [0.1, 0.15) is 44.6 Å². The standard InChI is InChI=1S/C39H35F11N6O4/c1-3-20-15-55-22(14-51-20)16-58-33-28-31(29(41)30(52-33)25-13-23(57)12-19-6-7-26(40)24(4-2)27(19)25)53-34(54-32(28)55)59-18-35-9-5-11-56(35)21(8-10-35)17-60-36(37(42,43)44,38(45,46)47)39(48,49)50/h2,6-7,12-13,20-22,51,57H,3,5,8-11,14-18H2,1H3/t20-,21+,22+,35+/m1/s1. The van der Waals surface area contributed by atoms with Gasteiger partial charge in [0, 0.05) is 36.1 Å². The van der Waals surface area contributed by atoms with Crippen molar-refractivity contribution in [3.05, 3.63) is 41.5 Å². The summed E-state index contributed by atoms with van der Waals surface area (Å²) in [5, 5.41) is 14.5. The lowest BCUT2D eigenvalue weighted by atomic mass is 9.95. The molecule has 8 rings (SSSR count). The average Bonchev–Trinajstić information content (AvgIpc) is 3.70. The zero-order valence-electron chi connectivity index (χ0n) is 31.5. The summed E-state index contributed by atoms with van der Waals surface area (Å²) in [7, 11) is 0. The van der Waals surface area contributed by atoms with E-state index in [1.54, 1.807) is 0 Å². The molecule has 4 aliphatic heterocycles. The maximum atomic E-state index is 17.2. The molecule has 6 heterocycles. The van der Waals surface area contributed by atoms with Gasteiger partial charge in [0.1, 0.15) is 47.2 Å². The zero-order chi connectivity index (χ0) is 43.2. The molecule has 0 radical (unpaired) electrons. The van der Waals surface area contributed by atoms with Crippen LogP contribution in [0.15, 0.2) is 24.3 Å². The first-order valence-corrected chi connectivity index (χ1v) is 18.9. The maximum Gasteiger partial charge on any atom is 0.435 e. The predicted octanol–water partition coefficient (Wildman–Crippen LogP) is 7.58. The molecular weight excluding hydrogens is 825 g/mol. The summed E-state index contributed by atoms with van der Waals surface area (Å²) >= 11 is 0. The van der Waals surface area contributed by atoms with E-state index in [4.69, 9.17) is 15.9 Å². The van der Waals surface area contributed by atoms with Crippen molar-refractivity contribution in [2.24, 2.45) is 0 Å². The number of pyridine rings is 1. The number of hydrogen-bond donors (Lipinski definition) is 2. The summed E-state index contributed by atoms with van der Waals surface area (Å²) in [5.41, 5.74) is -8.56. The van der Waals surface area contributed by atoms with Gasteiger partial charge in [-0.25, -0.2) is 13.8 Å².